The molecule has 0 N–H and O–H groups in total. The molecule has 5 heteroatoms. The first kappa shape index (κ1) is 13.4. The van der Waals surface area contributed by atoms with E-state index in [0.29, 0.717) is 11.9 Å². The zero-order chi connectivity index (χ0) is 13.4. The minimum absolute atomic E-state index is 0.516. The molecule has 2 aromatic rings. The van der Waals surface area contributed by atoms with Crippen molar-refractivity contribution in [1.82, 2.24) is 14.5 Å². The van der Waals surface area contributed by atoms with Gasteiger partial charge in [-0.15, -0.1) is 11.6 Å². The lowest BCUT2D eigenvalue weighted by molar-refractivity contribution is 0.392. The number of nitrogens with zero attached hydrogens (tertiary/aromatic N) is 3. The molecule has 3 rings (SSSR count). The molecule has 1 aliphatic heterocycles. The van der Waals surface area contributed by atoms with Crippen LogP contribution in [0.4, 0.5) is 0 Å². The van der Waals surface area contributed by atoms with E-state index in [1.165, 1.54) is 11.9 Å². The van der Waals surface area contributed by atoms with Crippen LogP contribution in [0.1, 0.15) is 18.3 Å². The number of aromatic nitrogens is 2. The molecule has 0 spiro atoms. The molecule has 0 amide bonds. The van der Waals surface area contributed by atoms with E-state index in [1.54, 1.807) is 0 Å². The van der Waals surface area contributed by atoms with Crippen LogP contribution in [-0.4, -0.2) is 40.5 Å². The Bertz CT molecular complexity index is 596. The normalized spacial score (nSPS) is 20.5. The fraction of sp³-hybridized carbons (Fsp3) is 0.500. The number of likely N-dealkylation sites (N-methyl/N-ethyl adjacent to an activating group) is 1. The van der Waals surface area contributed by atoms with Crippen LogP contribution >= 0.6 is 27.5 Å². The van der Waals surface area contributed by atoms with Crippen molar-refractivity contribution in [3.05, 3.63) is 28.5 Å². The lowest BCUT2D eigenvalue weighted by atomic mass is 10.2. The van der Waals surface area contributed by atoms with Crippen LogP contribution in [-0.2, 0) is 6.42 Å². The average molecular weight is 343 g/mol. The van der Waals surface area contributed by atoms with Crippen molar-refractivity contribution in [2.45, 2.75) is 18.9 Å². The lowest BCUT2D eigenvalue weighted by Gasteiger charge is -2.16. The van der Waals surface area contributed by atoms with Gasteiger partial charge in [0, 0.05) is 29.4 Å². The van der Waals surface area contributed by atoms with Gasteiger partial charge in [-0.25, -0.2) is 4.98 Å². The maximum atomic E-state index is 5.93. The number of hydrogen-bond acceptors (Lipinski definition) is 2. The van der Waals surface area contributed by atoms with E-state index >= 15 is 0 Å². The second-order valence-corrected chi connectivity index (χ2v) is 6.47. The molecule has 0 aliphatic carbocycles. The summed E-state index contributed by atoms with van der Waals surface area (Å²) in [5.74, 6) is 1.73. The molecule has 1 aromatic carbocycles. The Morgan fingerprint density at radius 2 is 2.32 bits per heavy atom. The number of benzene rings is 1. The number of halogens is 2. The zero-order valence-electron chi connectivity index (χ0n) is 10.9. The first-order valence-electron chi connectivity index (χ1n) is 6.60. The molecule has 1 fully saturated rings. The fourth-order valence-corrected chi connectivity index (χ4v) is 3.42. The van der Waals surface area contributed by atoms with Crippen LogP contribution in [0.15, 0.2) is 22.7 Å². The second-order valence-electron chi connectivity index (χ2n) is 5.17. The van der Waals surface area contributed by atoms with Crippen molar-refractivity contribution in [3.63, 3.8) is 0 Å². The highest BCUT2D eigenvalue weighted by Crippen LogP contribution is 2.29. The summed E-state index contributed by atoms with van der Waals surface area (Å²) >= 11 is 9.49. The summed E-state index contributed by atoms with van der Waals surface area (Å²) in [6, 6.07) is 6.80. The van der Waals surface area contributed by atoms with Gasteiger partial charge >= 0.3 is 0 Å². The van der Waals surface area contributed by atoms with Gasteiger partial charge in [0.2, 0.25) is 0 Å². The Kier molecular flexibility index (Phi) is 3.83. The van der Waals surface area contributed by atoms with Crippen molar-refractivity contribution >= 4 is 38.6 Å². The monoisotopic (exact) mass is 341 g/mol. The van der Waals surface area contributed by atoms with E-state index < -0.39 is 0 Å². The molecule has 1 unspecified atom stereocenters. The average Bonchev–Trinajstić information content (AvgIpc) is 2.93. The third-order valence-electron chi connectivity index (χ3n) is 3.77. The molecule has 102 valence electrons. The minimum atomic E-state index is 0.516. The molecule has 1 aromatic heterocycles. The topological polar surface area (TPSA) is 21.1 Å². The molecule has 2 heterocycles. The van der Waals surface area contributed by atoms with Gasteiger partial charge in [-0.2, -0.15) is 0 Å². The first-order chi connectivity index (χ1) is 9.19. The Balaban J connectivity index is 2.12. The van der Waals surface area contributed by atoms with Crippen molar-refractivity contribution in [1.29, 1.82) is 0 Å². The van der Waals surface area contributed by atoms with Crippen molar-refractivity contribution in [3.8, 4) is 0 Å². The molecule has 19 heavy (non-hydrogen) atoms. The van der Waals surface area contributed by atoms with Crippen molar-refractivity contribution in [2.75, 3.05) is 26.0 Å². The Hall–Kier alpha value is -0.580. The minimum Gasteiger partial charge on any atom is -0.323 e. The van der Waals surface area contributed by atoms with Gasteiger partial charge in [0.1, 0.15) is 5.82 Å². The van der Waals surface area contributed by atoms with Gasteiger partial charge in [0.25, 0.3) is 0 Å². The van der Waals surface area contributed by atoms with Crippen molar-refractivity contribution in [2.24, 2.45) is 0 Å². The quantitative estimate of drug-likeness (QED) is 0.797. The third-order valence-corrected chi connectivity index (χ3v) is 4.46. The van der Waals surface area contributed by atoms with Crippen molar-refractivity contribution < 1.29 is 0 Å². The molecule has 1 saturated heterocycles. The molecular formula is C14H17BrClN3. The predicted octanol–water partition coefficient (Wildman–Crippen LogP) is 3.46. The number of fused-ring (bicyclic) bond motifs is 1. The maximum absolute atomic E-state index is 5.93. The van der Waals surface area contributed by atoms with Gasteiger partial charge in [-0.3, -0.25) is 0 Å². The lowest BCUT2D eigenvalue weighted by Crippen LogP contribution is -2.18. The SMILES string of the molecule is CN1CCC(n2c(CCCl)nc3ccc(Br)cc32)C1. The highest BCUT2D eigenvalue weighted by Gasteiger charge is 2.25. The van der Waals surface area contributed by atoms with E-state index in [4.69, 9.17) is 16.6 Å². The molecule has 3 nitrogen and oxygen atoms in total. The van der Waals surface area contributed by atoms with Gasteiger partial charge in [-0.1, -0.05) is 15.9 Å². The van der Waals surface area contributed by atoms with Gasteiger partial charge in [0.15, 0.2) is 0 Å². The van der Waals surface area contributed by atoms with Crippen LogP contribution < -0.4 is 0 Å². The summed E-state index contributed by atoms with van der Waals surface area (Å²) in [4.78, 5) is 7.13. The molecule has 1 aliphatic rings. The molecular weight excluding hydrogens is 326 g/mol. The summed E-state index contributed by atoms with van der Waals surface area (Å²) in [6.45, 7) is 2.24. The Labute approximate surface area is 126 Å². The maximum Gasteiger partial charge on any atom is 0.111 e. The van der Waals surface area contributed by atoms with Crippen LogP contribution in [0, 0.1) is 0 Å². The summed E-state index contributed by atoms with van der Waals surface area (Å²) in [7, 11) is 2.18. The number of hydrogen-bond donors (Lipinski definition) is 0. The van der Waals surface area contributed by atoms with Gasteiger partial charge < -0.3 is 9.47 Å². The largest absolute Gasteiger partial charge is 0.323 e. The number of aryl methyl sites for hydroxylation is 1. The Morgan fingerprint density at radius 3 is 3.00 bits per heavy atom. The van der Waals surface area contributed by atoms with E-state index in [2.05, 4.69) is 44.6 Å². The number of alkyl halides is 1. The highest BCUT2D eigenvalue weighted by atomic mass is 79.9. The zero-order valence-corrected chi connectivity index (χ0v) is 13.3. The molecule has 1 atom stereocenters. The second kappa shape index (κ2) is 5.43. The van der Waals surface area contributed by atoms with Gasteiger partial charge in [0.05, 0.1) is 11.0 Å². The van der Waals surface area contributed by atoms with Gasteiger partial charge in [-0.05, 0) is 38.2 Å². The third kappa shape index (κ3) is 2.54. The highest BCUT2D eigenvalue weighted by molar-refractivity contribution is 9.10. The molecule has 0 radical (unpaired) electrons. The van der Waals surface area contributed by atoms with E-state index in [9.17, 15) is 0 Å². The van der Waals surface area contributed by atoms with Crippen LogP contribution in [0.5, 0.6) is 0 Å². The van der Waals surface area contributed by atoms with Crippen LogP contribution in [0.2, 0.25) is 0 Å². The smallest absolute Gasteiger partial charge is 0.111 e. The van der Waals surface area contributed by atoms with Crippen LogP contribution in [0.3, 0.4) is 0 Å². The van der Waals surface area contributed by atoms with Crippen LogP contribution in [0.25, 0.3) is 11.0 Å². The van der Waals surface area contributed by atoms with E-state index in [-0.39, 0.29) is 0 Å². The summed E-state index contributed by atoms with van der Waals surface area (Å²) < 4.78 is 3.50. The summed E-state index contributed by atoms with van der Waals surface area (Å²) in [5.41, 5.74) is 2.28. The number of likely N-dealkylation sites (tertiary alicyclic amines) is 1. The first-order valence-corrected chi connectivity index (χ1v) is 7.92. The van der Waals surface area contributed by atoms with E-state index in [0.717, 1.165) is 35.3 Å². The summed E-state index contributed by atoms with van der Waals surface area (Å²) in [5, 5.41) is 0. The van der Waals surface area contributed by atoms with E-state index in [1.807, 2.05) is 6.07 Å². The Morgan fingerprint density at radius 1 is 1.47 bits per heavy atom. The number of rotatable bonds is 3. The summed E-state index contributed by atoms with van der Waals surface area (Å²) in [6.07, 6.45) is 2.01. The number of imidazole rings is 1. The molecule has 0 saturated carbocycles. The standard InChI is InChI=1S/C14H17BrClN3/c1-18-7-5-11(9-18)19-13-8-10(15)2-3-12(13)17-14(19)4-6-16/h2-3,8,11H,4-7,9H2,1H3. The molecule has 0 bridgehead atoms. The predicted molar refractivity (Wildman–Crippen MR) is 83.0 cm³/mol. The fourth-order valence-electron chi connectivity index (χ4n) is 2.91.